The SMILES string of the molecule is Cc1ccc(C)c(OCCc2nc(C)c(C(C)(C)N)s2)c1. The quantitative estimate of drug-likeness (QED) is 0.912. The van der Waals surface area contributed by atoms with Crippen molar-refractivity contribution in [3.8, 4) is 5.75 Å². The lowest BCUT2D eigenvalue weighted by Crippen LogP contribution is -2.28. The molecule has 2 rings (SSSR count). The van der Waals surface area contributed by atoms with Gasteiger partial charge in [-0.2, -0.15) is 0 Å². The summed E-state index contributed by atoms with van der Waals surface area (Å²) in [6, 6.07) is 6.27. The van der Waals surface area contributed by atoms with Crippen molar-refractivity contribution in [1.82, 2.24) is 4.98 Å². The zero-order valence-electron chi connectivity index (χ0n) is 13.5. The van der Waals surface area contributed by atoms with Gasteiger partial charge in [0.2, 0.25) is 0 Å². The van der Waals surface area contributed by atoms with Crippen LogP contribution in [0.5, 0.6) is 5.75 Å². The van der Waals surface area contributed by atoms with Gasteiger partial charge in [-0.25, -0.2) is 4.98 Å². The van der Waals surface area contributed by atoms with Crippen LogP contribution in [0.15, 0.2) is 18.2 Å². The van der Waals surface area contributed by atoms with Gasteiger partial charge in [0, 0.05) is 16.8 Å². The Balaban J connectivity index is 1.99. The smallest absolute Gasteiger partial charge is 0.122 e. The lowest BCUT2D eigenvalue weighted by Gasteiger charge is -2.16. The van der Waals surface area contributed by atoms with Crippen molar-refractivity contribution in [3.63, 3.8) is 0 Å². The molecule has 0 unspecified atom stereocenters. The molecular formula is C17H24N2OS. The Hall–Kier alpha value is -1.39. The first-order chi connectivity index (χ1) is 9.77. The van der Waals surface area contributed by atoms with Gasteiger partial charge < -0.3 is 10.5 Å². The first-order valence-electron chi connectivity index (χ1n) is 7.23. The van der Waals surface area contributed by atoms with Gasteiger partial charge in [-0.3, -0.25) is 0 Å². The summed E-state index contributed by atoms with van der Waals surface area (Å²) in [4.78, 5) is 5.76. The summed E-state index contributed by atoms with van der Waals surface area (Å²) >= 11 is 1.69. The molecule has 0 atom stereocenters. The van der Waals surface area contributed by atoms with Gasteiger partial charge >= 0.3 is 0 Å². The number of nitrogens with two attached hydrogens (primary N) is 1. The molecule has 0 spiro atoms. The fourth-order valence-corrected chi connectivity index (χ4v) is 3.33. The number of benzene rings is 1. The second kappa shape index (κ2) is 6.16. The average Bonchev–Trinajstić information content (AvgIpc) is 2.75. The molecule has 21 heavy (non-hydrogen) atoms. The van der Waals surface area contributed by atoms with Crippen molar-refractivity contribution in [2.45, 2.75) is 46.6 Å². The number of hydrogen-bond acceptors (Lipinski definition) is 4. The molecule has 0 saturated carbocycles. The number of aromatic nitrogens is 1. The van der Waals surface area contributed by atoms with Crippen molar-refractivity contribution >= 4 is 11.3 Å². The summed E-state index contributed by atoms with van der Waals surface area (Å²) in [6.45, 7) is 10.8. The van der Waals surface area contributed by atoms with Crippen molar-refractivity contribution in [3.05, 3.63) is 44.9 Å². The van der Waals surface area contributed by atoms with E-state index in [-0.39, 0.29) is 5.54 Å². The van der Waals surface area contributed by atoms with Gasteiger partial charge in [-0.05, 0) is 51.8 Å². The van der Waals surface area contributed by atoms with Gasteiger partial charge in [0.05, 0.1) is 17.3 Å². The zero-order chi connectivity index (χ0) is 15.6. The summed E-state index contributed by atoms with van der Waals surface area (Å²) in [5.74, 6) is 0.961. The maximum atomic E-state index is 6.17. The normalized spacial score (nSPS) is 11.7. The molecule has 0 amide bonds. The number of thiazole rings is 1. The van der Waals surface area contributed by atoms with Gasteiger partial charge in [0.15, 0.2) is 0 Å². The molecule has 0 aliphatic rings. The van der Waals surface area contributed by atoms with Crippen molar-refractivity contribution in [2.75, 3.05) is 6.61 Å². The summed E-state index contributed by atoms with van der Waals surface area (Å²) < 4.78 is 5.89. The minimum atomic E-state index is -0.325. The second-order valence-electron chi connectivity index (χ2n) is 6.11. The first-order valence-corrected chi connectivity index (χ1v) is 8.05. The van der Waals surface area contributed by atoms with Crippen molar-refractivity contribution in [2.24, 2.45) is 5.73 Å². The van der Waals surface area contributed by atoms with E-state index >= 15 is 0 Å². The topological polar surface area (TPSA) is 48.1 Å². The highest BCUT2D eigenvalue weighted by atomic mass is 32.1. The molecule has 1 aromatic carbocycles. The van der Waals surface area contributed by atoms with E-state index in [9.17, 15) is 0 Å². The Bertz CT molecular complexity index is 626. The largest absolute Gasteiger partial charge is 0.493 e. The average molecular weight is 304 g/mol. The number of hydrogen-bond donors (Lipinski definition) is 1. The summed E-state index contributed by atoms with van der Waals surface area (Å²) in [6.07, 6.45) is 0.814. The van der Waals surface area contributed by atoms with Crippen LogP contribution in [0.1, 0.15) is 40.6 Å². The molecule has 1 aromatic heterocycles. The third-order valence-electron chi connectivity index (χ3n) is 3.34. The Kier molecular flexibility index (Phi) is 4.69. The standard InChI is InChI=1S/C17H24N2OS/c1-11-6-7-12(2)14(10-11)20-9-8-15-19-13(3)16(21-15)17(4,5)18/h6-7,10H,8-9,18H2,1-5H3. The van der Waals surface area contributed by atoms with E-state index in [1.54, 1.807) is 11.3 Å². The number of ether oxygens (including phenoxy) is 1. The molecular weight excluding hydrogens is 280 g/mol. The van der Waals surface area contributed by atoms with E-state index < -0.39 is 0 Å². The molecule has 114 valence electrons. The summed E-state index contributed by atoms with van der Waals surface area (Å²) in [5, 5.41) is 1.09. The fraction of sp³-hybridized carbons (Fsp3) is 0.471. The Morgan fingerprint density at radius 2 is 1.95 bits per heavy atom. The molecule has 4 heteroatoms. The Morgan fingerprint density at radius 3 is 2.57 bits per heavy atom. The summed E-state index contributed by atoms with van der Waals surface area (Å²) in [7, 11) is 0. The minimum Gasteiger partial charge on any atom is -0.493 e. The van der Waals surface area contributed by atoms with Crippen LogP contribution in [-0.4, -0.2) is 11.6 Å². The van der Waals surface area contributed by atoms with E-state index in [4.69, 9.17) is 10.5 Å². The fourth-order valence-electron chi connectivity index (χ4n) is 2.27. The van der Waals surface area contributed by atoms with Crippen LogP contribution >= 0.6 is 11.3 Å². The lowest BCUT2D eigenvalue weighted by atomic mass is 10.0. The Labute approximate surface area is 131 Å². The van der Waals surface area contributed by atoms with E-state index in [0.29, 0.717) is 6.61 Å². The van der Waals surface area contributed by atoms with Gasteiger partial charge in [0.1, 0.15) is 5.75 Å². The molecule has 2 aromatic rings. The highest BCUT2D eigenvalue weighted by Gasteiger charge is 2.21. The zero-order valence-corrected chi connectivity index (χ0v) is 14.3. The maximum Gasteiger partial charge on any atom is 0.122 e. The lowest BCUT2D eigenvalue weighted by molar-refractivity contribution is 0.319. The molecule has 0 aliphatic heterocycles. The molecule has 1 heterocycles. The molecule has 0 radical (unpaired) electrons. The van der Waals surface area contributed by atoms with Crippen LogP contribution in [0, 0.1) is 20.8 Å². The molecule has 2 N–H and O–H groups in total. The third kappa shape index (κ3) is 4.05. The van der Waals surface area contributed by atoms with Crippen LogP contribution in [0.25, 0.3) is 0 Å². The highest BCUT2D eigenvalue weighted by Crippen LogP contribution is 2.28. The Morgan fingerprint density at radius 1 is 1.24 bits per heavy atom. The van der Waals surface area contributed by atoms with Crippen LogP contribution in [0.2, 0.25) is 0 Å². The van der Waals surface area contributed by atoms with Crippen LogP contribution < -0.4 is 10.5 Å². The third-order valence-corrected chi connectivity index (χ3v) is 4.90. The summed E-state index contributed by atoms with van der Waals surface area (Å²) in [5.41, 5.74) is 9.26. The maximum absolute atomic E-state index is 6.17. The minimum absolute atomic E-state index is 0.325. The number of aryl methyl sites for hydroxylation is 3. The predicted octanol–water partition coefficient (Wildman–Crippen LogP) is 3.88. The second-order valence-corrected chi connectivity index (χ2v) is 7.19. The van der Waals surface area contributed by atoms with Crippen LogP contribution in [0.4, 0.5) is 0 Å². The molecule has 0 fully saturated rings. The van der Waals surface area contributed by atoms with Gasteiger partial charge in [-0.15, -0.1) is 11.3 Å². The van der Waals surface area contributed by atoms with Crippen molar-refractivity contribution < 1.29 is 4.74 Å². The molecule has 0 aliphatic carbocycles. The highest BCUT2D eigenvalue weighted by molar-refractivity contribution is 7.11. The molecule has 0 bridgehead atoms. The van der Waals surface area contributed by atoms with Gasteiger partial charge in [0.25, 0.3) is 0 Å². The predicted molar refractivity (Wildman–Crippen MR) is 89.2 cm³/mol. The van der Waals surface area contributed by atoms with E-state index in [2.05, 4.69) is 37.0 Å². The van der Waals surface area contributed by atoms with Crippen molar-refractivity contribution in [1.29, 1.82) is 0 Å². The first kappa shape index (κ1) is 16.0. The van der Waals surface area contributed by atoms with E-state index in [1.165, 1.54) is 11.1 Å². The number of nitrogens with zero attached hydrogens (tertiary/aromatic N) is 1. The van der Waals surface area contributed by atoms with Gasteiger partial charge in [-0.1, -0.05) is 12.1 Å². The van der Waals surface area contributed by atoms with Crippen LogP contribution in [-0.2, 0) is 12.0 Å². The monoisotopic (exact) mass is 304 g/mol. The molecule has 3 nitrogen and oxygen atoms in total. The van der Waals surface area contributed by atoms with E-state index in [0.717, 1.165) is 27.7 Å². The molecule has 0 saturated heterocycles. The number of rotatable bonds is 5. The van der Waals surface area contributed by atoms with Crippen LogP contribution in [0.3, 0.4) is 0 Å². The van der Waals surface area contributed by atoms with E-state index in [1.807, 2.05) is 20.8 Å².